The molecule has 1 heterocycles. The highest BCUT2D eigenvalue weighted by Gasteiger charge is 2.30. The SMILES string of the molecule is CC(CC(=O)N1CCN(S(=O)(=O)c2cccc(Cl)c2)CC1)c1ccc(F)cc1. The molecule has 0 aromatic heterocycles. The third-order valence-electron chi connectivity index (χ3n) is 4.95. The van der Waals surface area contributed by atoms with Gasteiger partial charge in [-0.2, -0.15) is 4.31 Å². The zero-order valence-electron chi connectivity index (χ0n) is 15.5. The van der Waals surface area contributed by atoms with Gasteiger partial charge in [-0.15, -0.1) is 0 Å². The lowest BCUT2D eigenvalue weighted by Gasteiger charge is -2.34. The molecule has 1 fully saturated rings. The van der Waals surface area contributed by atoms with Crippen LogP contribution < -0.4 is 0 Å². The molecule has 0 saturated carbocycles. The number of benzene rings is 2. The van der Waals surface area contributed by atoms with E-state index in [4.69, 9.17) is 11.6 Å². The van der Waals surface area contributed by atoms with Crippen LogP contribution in [0.25, 0.3) is 0 Å². The summed E-state index contributed by atoms with van der Waals surface area (Å²) >= 11 is 5.91. The Labute approximate surface area is 169 Å². The van der Waals surface area contributed by atoms with Gasteiger partial charge in [-0.05, 0) is 41.8 Å². The molecule has 0 spiro atoms. The highest BCUT2D eigenvalue weighted by Crippen LogP contribution is 2.23. The molecular formula is C20H22ClFN2O3S. The molecule has 1 amide bonds. The third-order valence-corrected chi connectivity index (χ3v) is 7.07. The largest absolute Gasteiger partial charge is 0.340 e. The highest BCUT2D eigenvalue weighted by atomic mass is 35.5. The predicted octanol–water partition coefficient (Wildman–Crippen LogP) is 3.51. The molecule has 8 heteroatoms. The molecule has 2 aromatic carbocycles. The number of piperazine rings is 1. The molecule has 5 nitrogen and oxygen atoms in total. The minimum atomic E-state index is -3.63. The number of halogens is 2. The summed E-state index contributed by atoms with van der Waals surface area (Å²) in [5.41, 5.74) is 0.900. The number of sulfonamides is 1. The van der Waals surface area contributed by atoms with Crippen LogP contribution in [0.4, 0.5) is 4.39 Å². The zero-order chi connectivity index (χ0) is 20.3. The number of amides is 1. The van der Waals surface area contributed by atoms with Crippen LogP contribution in [-0.4, -0.2) is 49.7 Å². The number of hydrogen-bond donors (Lipinski definition) is 0. The van der Waals surface area contributed by atoms with Gasteiger partial charge in [0.1, 0.15) is 5.82 Å². The van der Waals surface area contributed by atoms with Gasteiger partial charge in [-0.3, -0.25) is 4.79 Å². The Kier molecular flexibility index (Phi) is 6.37. The van der Waals surface area contributed by atoms with Crippen molar-refractivity contribution in [2.45, 2.75) is 24.2 Å². The first kappa shape index (κ1) is 20.8. The van der Waals surface area contributed by atoms with Gasteiger partial charge in [0, 0.05) is 37.6 Å². The molecule has 1 unspecified atom stereocenters. The average molecular weight is 425 g/mol. The Morgan fingerprint density at radius 2 is 1.75 bits per heavy atom. The van der Waals surface area contributed by atoms with Crippen molar-refractivity contribution in [3.8, 4) is 0 Å². The third kappa shape index (κ3) is 4.71. The normalized spacial score (nSPS) is 16.8. The molecular weight excluding hydrogens is 403 g/mol. The smallest absolute Gasteiger partial charge is 0.243 e. The van der Waals surface area contributed by atoms with E-state index in [0.717, 1.165) is 5.56 Å². The molecule has 150 valence electrons. The maximum Gasteiger partial charge on any atom is 0.243 e. The van der Waals surface area contributed by atoms with E-state index in [1.165, 1.54) is 28.6 Å². The van der Waals surface area contributed by atoms with Crippen molar-refractivity contribution >= 4 is 27.5 Å². The lowest BCUT2D eigenvalue weighted by molar-refractivity contribution is -0.132. The fraction of sp³-hybridized carbons (Fsp3) is 0.350. The number of nitrogens with zero attached hydrogens (tertiary/aromatic N) is 2. The summed E-state index contributed by atoms with van der Waals surface area (Å²) in [7, 11) is -3.63. The van der Waals surface area contributed by atoms with Crippen LogP contribution in [0.1, 0.15) is 24.8 Å². The molecule has 0 bridgehead atoms. The Morgan fingerprint density at radius 3 is 2.36 bits per heavy atom. The molecule has 3 rings (SSSR count). The maximum atomic E-state index is 13.0. The van der Waals surface area contributed by atoms with E-state index >= 15 is 0 Å². The van der Waals surface area contributed by atoms with Crippen molar-refractivity contribution in [2.24, 2.45) is 0 Å². The Morgan fingerprint density at radius 1 is 1.11 bits per heavy atom. The van der Waals surface area contributed by atoms with Gasteiger partial charge in [0.15, 0.2) is 0 Å². The summed E-state index contributed by atoms with van der Waals surface area (Å²) in [6, 6.07) is 12.3. The van der Waals surface area contributed by atoms with E-state index in [9.17, 15) is 17.6 Å². The summed E-state index contributed by atoms with van der Waals surface area (Å²) in [6.45, 7) is 3.09. The summed E-state index contributed by atoms with van der Waals surface area (Å²) in [5.74, 6) is -0.378. The van der Waals surface area contributed by atoms with Crippen molar-refractivity contribution in [1.82, 2.24) is 9.21 Å². The molecule has 28 heavy (non-hydrogen) atoms. The average Bonchev–Trinajstić information content (AvgIpc) is 2.68. The second kappa shape index (κ2) is 8.59. The first-order chi connectivity index (χ1) is 13.3. The standard InChI is InChI=1S/C20H22ClFN2O3S/c1-15(16-5-7-18(22)8-6-16)13-20(25)23-9-11-24(12-10-23)28(26,27)19-4-2-3-17(21)14-19/h2-8,14-15H,9-13H2,1H3. The summed E-state index contributed by atoms with van der Waals surface area (Å²) in [5, 5.41) is 0.365. The second-order valence-electron chi connectivity index (χ2n) is 6.90. The maximum absolute atomic E-state index is 13.0. The summed E-state index contributed by atoms with van der Waals surface area (Å²) in [4.78, 5) is 14.4. The summed E-state index contributed by atoms with van der Waals surface area (Å²) < 4.78 is 39.9. The summed E-state index contributed by atoms with van der Waals surface area (Å²) in [6.07, 6.45) is 0.298. The lowest BCUT2D eigenvalue weighted by Crippen LogP contribution is -2.50. The predicted molar refractivity (Wildman–Crippen MR) is 106 cm³/mol. The van der Waals surface area contributed by atoms with Crippen LogP contribution >= 0.6 is 11.6 Å². The van der Waals surface area contributed by atoms with E-state index < -0.39 is 10.0 Å². The van der Waals surface area contributed by atoms with Crippen LogP contribution in [0, 0.1) is 5.82 Å². The second-order valence-corrected chi connectivity index (χ2v) is 9.27. The molecule has 1 aliphatic heterocycles. The first-order valence-electron chi connectivity index (χ1n) is 9.06. The van der Waals surface area contributed by atoms with Crippen LogP contribution in [0.15, 0.2) is 53.4 Å². The van der Waals surface area contributed by atoms with Gasteiger partial charge in [0.2, 0.25) is 15.9 Å². The topological polar surface area (TPSA) is 57.7 Å². The van der Waals surface area contributed by atoms with Crippen LogP contribution in [0.3, 0.4) is 0 Å². The Bertz CT molecular complexity index is 942. The van der Waals surface area contributed by atoms with Crippen LogP contribution in [0.5, 0.6) is 0 Å². The molecule has 0 N–H and O–H groups in total. The molecule has 1 saturated heterocycles. The van der Waals surface area contributed by atoms with Gasteiger partial charge in [-0.1, -0.05) is 36.7 Å². The highest BCUT2D eigenvalue weighted by molar-refractivity contribution is 7.89. The molecule has 0 aliphatic carbocycles. The molecule has 1 atom stereocenters. The zero-order valence-corrected chi connectivity index (χ0v) is 17.1. The molecule has 0 radical (unpaired) electrons. The van der Waals surface area contributed by atoms with Crippen molar-refractivity contribution < 1.29 is 17.6 Å². The van der Waals surface area contributed by atoms with Gasteiger partial charge in [-0.25, -0.2) is 12.8 Å². The Balaban J connectivity index is 1.58. The van der Waals surface area contributed by atoms with Crippen LogP contribution in [-0.2, 0) is 14.8 Å². The molecule has 2 aromatic rings. The number of carbonyl (C=O) groups is 1. The van der Waals surface area contributed by atoms with Gasteiger partial charge < -0.3 is 4.90 Å². The van der Waals surface area contributed by atoms with E-state index in [0.29, 0.717) is 24.5 Å². The Hall–Kier alpha value is -1.96. The van der Waals surface area contributed by atoms with Gasteiger partial charge in [0.25, 0.3) is 0 Å². The first-order valence-corrected chi connectivity index (χ1v) is 10.9. The van der Waals surface area contributed by atoms with Crippen molar-refractivity contribution in [3.05, 3.63) is 64.9 Å². The fourth-order valence-corrected chi connectivity index (χ4v) is 4.98. The van der Waals surface area contributed by atoms with E-state index in [-0.39, 0.29) is 35.6 Å². The number of rotatable bonds is 5. The van der Waals surface area contributed by atoms with E-state index in [2.05, 4.69) is 0 Å². The fourth-order valence-electron chi connectivity index (χ4n) is 3.25. The number of carbonyl (C=O) groups excluding carboxylic acids is 1. The van der Waals surface area contributed by atoms with Gasteiger partial charge >= 0.3 is 0 Å². The minimum absolute atomic E-state index is 0.0309. The van der Waals surface area contributed by atoms with Crippen LogP contribution in [0.2, 0.25) is 5.02 Å². The van der Waals surface area contributed by atoms with Crippen molar-refractivity contribution in [3.63, 3.8) is 0 Å². The van der Waals surface area contributed by atoms with E-state index in [1.807, 2.05) is 6.92 Å². The minimum Gasteiger partial charge on any atom is -0.340 e. The number of hydrogen-bond acceptors (Lipinski definition) is 3. The van der Waals surface area contributed by atoms with E-state index in [1.54, 1.807) is 29.2 Å². The van der Waals surface area contributed by atoms with Crippen molar-refractivity contribution in [2.75, 3.05) is 26.2 Å². The quantitative estimate of drug-likeness (QED) is 0.738. The van der Waals surface area contributed by atoms with Gasteiger partial charge in [0.05, 0.1) is 4.90 Å². The van der Waals surface area contributed by atoms with Crippen molar-refractivity contribution in [1.29, 1.82) is 0 Å². The molecule has 1 aliphatic rings. The lowest BCUT2D eigenvalue weighted by atomic mass is 9.97. The monoisotopic (exact) mass is 424 g/mol.